The van der Waals surface area contributed by atoms with E-state index in [0.717, 1.165) is 11.1 Å². The third-order valence-corrected chi connectivity index (χ3v) is 7.54. The number of nitrogens with one attached hydrogen (secondary N) is 1. The van der Waals surface area contributed by atoms with Crippen LogP contribution < -0.4 is 5.32 Å². The summed E-state index contributed by atoms with van der Waals surface area (Å²) in [5.41, 5.74) is -0.680. The van der Waals surface area contributed by atoms with E-state index in [1.807, 2.05) is 76.3 Å². The largest absolute Gasteiger partial charge is 0.479 e. The lowest BCUT2D eigenvalue weighted by Crippen LogP contribution is -2.54. The summed E-state index contributed by atoms with van der Waals surface area (Å²) in [7, 11) is -1.80. The van der Waals surface area contributed by atoms with E-state index >= 15 is 0 Å². The topological polar surface area (TPSA) is 84.9 Å². The monoisotopic (exact) mass is 561 g/mol. The van der Waals surface area contributed by atoms with E-state index in [4.69, 9.17) is 20.8 Å². The van der Waals surface area contributed by atoms with Gasteiger partial charge in [-0.25, -0.2) is 9.59 Å². The Hall–Kier alpha value is -2.35. The first-order chi connectivity index (χ1) is 17.5. The molecule has 6 nitrogen and oxygen atoms in total. The molecule has 1 unspecified atom stereocenters. The molecule has 0 aromatic heterocycles. The highest BCUT2D eigenvalue weighted by atomic mass is 35.5. The zero-order chi connectivity index (χ0) is 28.7. The number of alkyl carbamates (subject to hydrolysis) is 1. The Balaban J connectivity index is 2.58. The molecule has 8 heteroatoms. The Labute approximate surface area is 234 Å². The number of carboxylic acid groups (broad SMARTS) is 1. The van der Waals surface area contributed by atoms with Gasteiger partial charge < -0.3 is 19.6 Å². The standard InChI is InChI=1S/C30H44ClNO5Si/c1-28(2,3)24(25(18-21-13-10-9-11-14-21)32-27(35)36-29(4,5)6)20-30(26(33)34,37-38(7)8)19-22-15-12-16-23(31)17-22/h9-17,24-25,38H,18-20H2,1-8H3,(H,32,35)(H,33,34)/t24-,25+,30?/m1/s1. The molecule has 0 spiro atoms. The smallest absolute Gasteiger partial charge is 0.407 e. The molecule has 0 fully saturated rings. The van der Waals surface area contributed by atoms with Gasteiger partial charge in [0.05, 0.1) is 0 Å². The molecule has 0 saturated carbocycles. The number of hydrogen-bond acceptors (Lipinski definition) is 4. The molecule has 0 bridgehead atoms. The van der Waals surface area contributed by atoms with Gasteiger partial charge in [-0.15, -0.1) is 0 Å². The highest BCUT2D eigenvalue weighted by Crippen LogP contribution is 2.40. The number of carbonyl (C=O) groups is 2. The van der Waals surface area contributed by atoms with Gasteiger partial charge >= 0.3 is 12.1 Å². The van der Waals surface area contributed by atoms with Crippen molar-refractivity contribution in [3.05, 3.63) is 70.7 Å². The molecule has 0 aliphatic heterocycles. The van der Waals surface area contributed by atoms with Crippen molar-refractivity contribution in [2.45, 2.75) is 91.1 Å². The summed E-state index contributed by atoms with van der Waals surface area (Å²) in [6, 6.07) is 16.7. The summed E-state index contributed by atoms with van der Waals surface area (Å²) in [5, 5.41) is 14.3. The van der Waals surface area contributed by atoms with Crippen molar-refractivity contribution in [2.75, 3.05) is 0 Å². The lowest BCUT2D eigenvalue weighted by atomic mass is 9.68. The molecular weight excluding hydrogens is 518 g/mol. The number of carbonyl (C=O) groups excluding carboxylic acids is 1. The Morgan fingerprint density at radius 3 is 2.08 bits per heavy atom. The number of ether oxygens (including phenoxy) is 1. The van der Waals surface area contributed by atoms with Crippen molar-refractivity contribution >= 4 is 32.7 Å². The molecule has 0 heterocycles. The maximum atomic E-state index is 13.1. The number of rotatable bonds is 11. The first-order valence-electron chi connectivity index (χ1n) is 13.2. The molecule has 0 saturated heterocycles. The average Bonchev–Trinajstić information content (AvgIpc) is 2.75. The normalized spacial score (nSPS) is 15.4. The van der Waals surface area contributed by atoms with Crippen LogP contribution in [0.3, 0.4) is 0 Å². The quantitative estimate of drug-likeness (QED) is 0.292. The summed E-state index contributed by atoms with van der Waals surface area (Å²) in [5.74, 6) is -1.28. The summed E-state index contributed by atoms with van der Waals surface area (Å²) < 4.78 is 12.0. The van der Waals surface area contributed by atoms with Crippen LogP contribution in [-0.2, 0) is 26.8 Å². The molecule has 2 aromatic carbocycles. The highest BCUT2D eigenvalue weighted by Gasteiger charge is 2.47. The second-order valence-corrected chi connectivity index (χ2v) is 15.2. The fourth-order valence-electron chi connectivity index (χ4n) is 4.83. The lowest BCUT2D eigenvalue weighted by Gasteiger charge is -2.43. The third-order valence-electron chi connectivity index (χ3n) is 6.38. The number of halogens is 1. The maximum absolute atomic E-state index is 13.1. The van der Waals surface area contributed by atoms with Crippen molar-refractivity contribution < 1.29 is 23.9 Å². The minimum atomic E-state index is -1.80. The van der Waals surface area contributed by atoms with Crippen LogP contribution in [0, 0.1) is 11.3 Å². The second kappa shape index (κ2) is 13.1. The van der Waals surface area contributed by atoms with Gasteiger partial charge in [0.15, 0.2) is 14.6 Å². The molecule has 210 valence electrons. The second-order valence-electron chi connectivity index (χ2n) is 12.4. The van der Waals surface area contributed by atoms with Crippen LogP contribution in [-0.4, -0.2) is 43.5 Å². The van der Waals surface area contributed by atoms with Crippen LogP contribution in [0.1, 0.15) is 59.1 Å². The van der Waals surface area contributed by atoms with Gasteiger partial charge in [-0.2, -0.15) is 0 Å². The molecule has 0 radical (unpaired) electrons. The van der Waals surface area contributed by atoms with Gasteiger partial charge in [-0.3, -0.25) is 0 Å². The van der Waals surface area contributed by atoms with Crippen LogP contribution in [0.2, 0.25) is 18.1 Å². The number of benzene rings is 2. The van der Waals surface area contributed by atoms with Crippen LogP contribution in [0.5, 0.6) is 0 Å². The Morgan fingerprint density at radius 1 is 0.974 bits per heavy atom. The molecule has 1 amide bonds. The molecule has 2 rings (SSSR count). The Bertz CT molecular complexity index is 1060. The van der Waals surface area contributed by atoms with Gasteiger partial charge in [0, 0.05) is 17.5 Å². The molecule has 0 aliphatic carbocycles. The number of amides is 1. The van der Waals surface area contributed by atoms with Gasteiger partial charge in [0.2, 0.25) is 0 Å². The molecule has 2 N–H and O–H groups in total. The van der Waals surface area contributed by atoms with E-state index < -0.39 is 38.3 Å². The van der Waals surface area contributed by atoms with Crippen molar-refractivity contribution in [2.24, 2.45) is 11.3 Å². The summed E-state index contributed by atoms with van der Waals surface area (Å²) in [6.45, 7) is 15.6. The van der Waals surface area contributed by atoms with E-state index in [9.17, 15) is 14.7 Å². The molecule has 2 aromatic rings. The van der Waals surface area contributed by atoms with Crippen LogP contribution in [0.4, 0.5) is 4.79 Å². The fraction of sp³-hybridized carbons (Fsp3) is 0.533. The number of hydrogen-bond donors (Lipinski definition) is 2. The van der Waals surface area contributed by atoms with E-state index in [-0.39, 0.29) is 24.2 Å². The minimum Gasteiger partial charge on any atom is -0.479 e. The van der Waals surface area contributed by atoms with Gasteiger partial charge in [-0.1, -0.05) is 74.8 Å². The van der Waals surface area contributed by atoms with Crippen molar-refractivity contribution in [3.8, 4) is 0 Å². The average molecular weight is 562 g/mol. The molecule has 0 aliphatic rings. The fourth-order valence-corrected chi connectivity index (χ4v) is 6.23. The van der Waals surface area contributed by atoms with Crippen molar-refractivity contribution in [1.82, 2.24) is 5.32 Å². The number of carboxylic acids is 1. The van der Waals surface area contributed by atoms with Gasteiger partial charge in [-0.05, 0) is 81.3 Å². The van der Waals surface area contributed by atoms with E-state index in [1.165, 1.54) is 0 Å². The van der Waals surface area contributed by atoms with Crippen molar-refractivity contribution in [3.63, 3.8) is 0 Å². The Kier molecular flexibility index (Phi) is 11.0. The van der Waals surface area contributed by atoms with Crippen LogP contribution >= 0.6 is 11.6 Å². The summed E-state index contributed by atoms with van der Waals surface area (Å²) in [6.07, 6.45) is 0.373. The zero-order valence-corrected chi connectivity index (χ0v) is 25.9. The van der Waals surface area contributed by atoms with Crippen molar-refractivity contribution in [1.29, 1.82) is 0 Å². The summed E-state index contributed by atoms with van der Waals surface area (Å²) in [4.78, 5) is 26.1. The van der Waals surface area contributed by atoms with Gasteiger partial charge in [0.1, 0.15) is 5.60 Å². The molecular formula is C30H44ClNO5Si. The summed E-state index contributed by atoms with van der Waals surface area (Å²) >= 11 is 6.25. The first-order valence-corrected chi connectivity index (χ1v) is 16.4. The maximum Gasteiger partial charge on any atom is 0.407 e. The third kappa shape index (κ3) is 10.1. The zero-order valence-electron chi connectivity index (χ0n) is 24.0. The van der Waals surface area contributed by atoms with Crippen LogP contribution in [0.25, 0.3) is 0 Å². The SMILES string of the molecule is C[SiH](C)OC(Cc1cccc(Cl)c1)(C[C@H]([C@H](Cc1ccccc1)NC(=O)OC(C)(C)C)C(C)(C)C)C(=O)O. The minimum absolute atomic E-state index is 0.172. The van der Waals surface area contributed by atoms with E-state index in [1.54, 1.807) is 12.1 Å². The van der Waals surface area contributed by atoms with E-state index in [0.29, 0.717) is 11.4 Å². The predicted octanol–water partition coefficient (Wildman–Crippen LogP) is 6.89. The number of aliphatic carboxylic acids is 1. The highest BCUT2D eigenvalue weighted by molar-refractivity contribution is 6.48. The van der Waals surface area contributed by atoms with Crippen LogP contribution in [0.15, 0.2) is 54.6 Å². The Morgan fingerprint density at radius 2 is 1.58 bits per heavy atom. The lowest BCUT2D eigenvalue weighted by molar-refractivity contribution is -0.158. The van der Waals surface area contributed by atoms with E-state index in [2.05, 4.69) is 26.1 Å². The van der Waals surface area contributed by atoms with Gasteiger partial charge in [0.25, 0.3) is 0 Å². The predicted molar refractivity (Wildman–Crippen MR) is 156 cm³/mol. The first kappa shape index (κ1) is 31.9. The molecule has 3 atom stereocenters. The molecule has 38 heavy (non-hydrogen) atoms.